The zero-order valence-corrected chi connectivity index (χ0v) is 10.6. The Bertz CT molecular complexity index is 366. The molecule has 0 aromatic heterocycles. The molecule has 3 N–H and O–H groups in total. The van der Waals surface area contributed by atoms with Crippen LogP contribution in [0.3, 0.4) is 0 Å². The Kier molecular flexibility index (Phi) is 3.95. The SMILES string of the molecule is NNC(Cc1cccc(F)c1Br)C1CCC1. The predicted molar refractivity (Wildman–Crippen MR) is 66.3 cm³/mol. The Balaban J connectivity index is 2.09. The highest BCUT2D eigenvalue weighted by atomic mass is 79.9. The van der Waals surface area contributed by atoms with Crippen LogP contribution >= 0.6 is 15.9 Å². The summed E-state index contributed by atoms with van der Waals surface area (Å²) in [4.78, 5) is 0. The van der Waals surface area contributed by atoms with Gasteiger partial charge in [0.15, 0.2) is 0 Å². The first kappa shape index (κ1) is 12.0. The molecule has 1 saturated carbocycles. The van der Waals surface area contributed by atoms with Gasteiger partial charge in [-0.1, -0.05) is 18.6 Å². The summed E-state index contributed by atoms with van der Waals surface area (Å²) in [6.45, 7) is 0. The third kappa shape index (κ3) is 2.44. The molecule has 1 aliphatic carbocycles. The van der Waals surface area contributed by atoms with E-state index < -0.39 is 0 Å². The molecule has 0 saturated heterocycles. The van der Waals surface area contributed by atoms with E-state index in [9.17, 15) is 4.39 Å². The summed E-state index contributed by atoms with van der Waals surface area (Å²) in [5, 5.41) is 0. The van der Waals surface area contributed by atoms with Crippen LogP contribution in [0.15, 0.2) is 22.7 Å². The van der Waals surface area contributed by atoms with Gasteiger partial charge in [0, 0.05) is 6.04 Å². The highest BCUT2D eigenvalue weighted by molar-refractivity contribution is 9.10. The molecule has 0 heterocycles. The maximum atomic E-state index is 13.3. The monoisotopic (exact) mass is 286 g/mol. The molecule has 1 aromatic carbocycles. The molecule has 4 heteroatoms. The lowest BCUT2D eigenvalue weighted by Crippen LogP contribution is -2.44. The van der Waals surface area contributed by atoms with Crippen LogP contribution in [-0.2, 0) is 6.42 Å². The Morgan fingerprint density at radius 3 is 2.81 bits per heavy atom. The zero-order chi connectivity index (χ0) is 11.5. The molecule has 0 aliphatic heterocycles. The van der Waals surface area contributed by atoms with E-state index in [1.165, 1.54) is 25.3 Å². The number of hydrogen-bond acceptors (Lipinski definition) is 2. The quantitative estimate of drug-likeness (QED) is 0.660. The molecule has 1 fully saturated rings. The van der Waals surface area contributed by atoms with Gasteiger partial charge in [-0.2, -0.15) is 0 Å². The van der Waals surface area contributed by atoms with Crippen LogP contribution in [0.25, 0.3) is 0 Å². The maximum absolute atomic E-state index is 13.3. The van der Waals surface area contributed by atoms with Crippen LogP contribution in [0, 0.1) is 11.7 Å². The van der Waals surface area contributed by atoms with E-state index in [0.717, 1.165) is 12.0 Å². The Morgan fingerprint density at radius 2 is 2.25 bits per heavy atom. The van der Waals surface area contributed by atoms with Crippen LogP contribution in [0.2, 0.25) is 0 Å². The number of halogens is 2. The van der Waals surface area contributed by atoms with E-state index in [1.54, 1.807) is 6.07 Å². The topological polar surface area (TPSA) is 38.0 Å². The second-order valence-corrected chi connectivity index (χ2v) is 5.17. The molecule has 2 nitrogen and oxygen atoms in total. The van der Waals surface area contributed by atoms with Crippen LogP contribution in [-0.4, -0.2) is 6.04 Å². The van der Waals surface area contributed by atoms with Crippen molar-refractivity contribution in [3.63, 3.8) is 0 Å². The van der Waals surface area contributed by atoms with Crippen molar-refractivity contribution < 1.29 is 4.39 Å². The van der Waals surface area contributed by atoms with Crippen molar-refractivity contribution in [1.29, 1.82) is 0 Å². The summed E-state index contributed by atoms with van der Waals surface area (Å²) in [6, 6.07) is 5.40. The van der Waals surface area contributed by atoms with Crippen LogP contribution in [0.4, 0.5) is 4.39 Å². The summed E-state index contributed by atoms with van der Waals surface area (Å²) >= 11 is 3.28. The largest absolute Gasteiger partial charge is 0.271 e. The highest BCUT2D eigenvalue weighted by Gasteiger charge is 2.27. The van der Waals surface area contributed by atoms with Gasteiger partial charge < -0.3 is 0 Å². The lowest BCUT2D eigenvalue weighted by atomic mass is 9.78. The van der Waals surface area contributed by atoms with Gasteiger partial charge in [0.25, 0.3) is 0 Å². The van der Waals surface area contributed by atoms with E-state index >= 15 is 0 Å². The van der Waals surface area contributed by atoms with E-state index in [4.69, 9.17) is 5.84 Å². The fourth-order valence-electron chi connectivity index (χ4n) is 2.15. The molecule has 0 radical (unpaired) electrons. The molecule has 2 rings (SSSR count). The third-order valence-electron chi connectivity index (χ3n) is 3.40. The van der Waals surface area contributed by atoms with Gasteiger partial charge in [-0.15, -0.1) is 0 Å². The summed E-state index contributed by atoms with van der Waals surface area (Å²) in [7, 11) is 0. The average Bonchev–Trinajstić information content (AvgIpc) is 2.21. The lowest BCUT2D eigenvalue weighted by Gasteiger charge is -2.33. The smallest absolute Gasteiger partial charge is 0.137 e. The van der Waals surface area contributed by atoms with E-state index in [0.29, 0.717) is 10.4 Å². The van der Waals surface area contributed by atoms with E-state index in [1.807, 2.05) is 6.07 Å². The van der Waals surface area contributed by atoms with Gasteiger partial charge in [-0.05, 0) is 52.7 Å². The average molecular weight is 287 g/mol. The zero-order valence-electron chi connectivity index (χ0n) is 9.05. The summed E-state index contributed by atoms with van der Waals surface area (Å²) in [6.07, 6.45) is 4.51. The van der Waals surface area contributed by atoms with Gasteiger partial charge in [0.1, 0.15) is 5.82 Å². The van der Waals surface area contributed by atoms with Gasteiger partial charge in [-0.3, -0.25) is 11.3 Å². The van der Waals surface area contributed by atoms with Crippen molar-refractivity contribution in [2.45, 2.75) is 31.7 Å². The summed E-state index contributed by atoms with van der Waals surface area (Å²) < 4.78 is 13.9. The lowest BCUT2D eigenvalue weighted by molar-refractivity contribution is 0.228. The third-order valence-corrected chi connectivity index (χ3v) is 4.29. The van der Waals surface area contributed by atoms with Gasteiger partial charge >= 0.3 is 0 Å². The molecule has 0 spiro atoms. The summed E-state index contributed by atoms with van der Waals surface area (Å²) in [5.41, 5.74) is 3.84. The molecule has 1 atom stereocenters. The van der Waals surface area contributed by atoms with Gasteiger partial charge in [-0.25, -0.2) is 4.39 Å². The first-order valence-electron chi connectivity index (χ1n) is 5.61. The molecule has 1 aromatic rings. The Labute approximate surface area is 104 Å². The molecule has 16 heavy (non-hydrogen) atoms. The molecule has 1 unspecified atom stereocenters. The minimum Gasteiger partial charge on any atom is -0.271 e. The minimum atomic E-state index is -0.207. The van der Waals surface area contributed by atoms with Crippen molar-refractivity contribution in [2.24, 2.45) is 11.8 Å². The number of rotatable bonds is 4. The first-order chi connectivity index (χ1) is 7.72. The number of hydrogen-bond donors (Lipinski definition) is 2. The van der Waals surface area contributed by atoms with Crippen molar-refractivity contribution in [2.75, 3.05) is 0 Å². The maximum Gasteiger partial charge on any atom is 0.137 e. The first-order valence-corrected chi connectivity index (χ1v) is 6.40. The second-order valence-electron chi connectivity index (χ2n) is 4.38. The van der Waals surface area contributed by atoms with E-state index in [2.05, 4.69) is 21.4 Å². The summed E-state index contributed by atoms with van der Waals surface area (Å²) in [5.74, 6) is 5.99. The normalized spacial score (nSPS) is 18.2. The van der Waals surface area contributed by atoms with E-state index in [-0.39, 0.29) is 11.9 Å². The number of nitrogens with two attached hydrogens (primary N) is 1. The Hall–Kier alpha value is -0.450. The van der Waals surface area contributed by atoms with Crippen LogP contribution in [0.1, 0.15) is 24.8 Å². The molecule has 88 valence electrons. The van der Waals surface area contributed by atoms with Crippen molar-refractivity contribution in [3.05, 3.63) is 34.1 Å². The van der Waals surface area contributed by atoms with Crippen molar-refractivity contribution >= 4 is 15.9 Å². The predicted octanol–water partition coefficient (Wildman–Crippen LogP) is 2.76. The van der Waals surface area contributed by atoms with Crippen molar-refractivity contribution in [3.8, 4) is 0 Å². The number of hydrazine groups is 1. The van der Waals surface area contributed by atoms with Crippen LogP contribution < -0.4 is 11.3 Å². The molecule has 1 aliphatic rings. The number of benzene rings is 1. The second kappa shape index (κ2) is 5.25. The fourth-order valence-corrected chi connectivity index (χ4v) is 2.57. The van der Waals surface area contributed by atoms with Gasteiger partial charge in [0.2, 0.25) is 0 Å². The molecular formula is C12H16BrFN2. The molecular weight excluding hydrogens is 271 g/mol. The number of nitrogens with one attached hydrogen (secondary N) is 1. The highest BCUT2D eigenvalue weighted by Crippen LogP contribution is 2.32. The van der Waals surface area contributed by atoms with Crippen molar-refractivity contribution in [1.82, 2.24) is 5.43 Å². The molecule has 0 bridgehead atoms. The van der Waals surface area contributed by atoms with Crippen LogP contribution in [0.5, 0.6) is 0 Å². The van der Waals surface area contributed by atoms with Gasteiger partial charge in [0.05, 0.1) is 4.47 Å². The Morgan fingerprint density at radius 1 is 1.50 bits per heavy atom. The standard InChI is InChI=1S/C12H16BrFN2/c13-12-9(5-2-6-10(12)14)7-11(16-15)8-3-1-4-8/h2,5-6,8,11,16H,1,3-4,7,15H2. The minimum absolute atomic E-state index is 0.207. The molecule has 0 amide bonds. The fraction of sp³-hybridized carbons (Fsp3) is 0.500.